The van der Waals surface area contributed by atoms with Gasteiger partial charge in [-0.1, -0.05) is 12.1 Å². The Hall–Kier alpha value is -2.95. The highest BCUT2D eigenvalue weighted by molar-refractivity contribution is 5.83. The monoisotopic (exact) mass is 308 g/mol. The Labute approximate surface area is 133 Å². The molecule has 2 aromatic carbocycles. The number of benzene rings is 2. The van der Waals surface area contributed by atoms with Crippen molar-refractivity contribution in [2.75, 3.05) is 6.79 Å². The van der Waals surface area contributed by atoms with E-state index >= 15 is 0 Å². The van der Waals surface area contributed by atoms with Crippen molar-refractivity contribution in [1.29, 1.82) is 0 Å². The zero-order valence-electron chi connectivity index (χ0n) is 12.5. The van der Waals surface area contributed by atoms with Crippen molar-refractivity contribution in [3.8, 4) is 11.5 Å². The summed E-state index contributed by atoms with van der Waals surface area (Å²) in [6.45, 7) is 0.731. The first-order valence-electron chi connectivity index (χ1n) is 7.49. The lowest BCUT2D eigenvalue weighted by molar-refractivity contribution is -0.120. The Kier molecular flexibility index (Phi) is 3.38. The van der Waals surface area contributed by atoms with Gasteiger partial charge in [0.15, 0.2) is 11.5 Å². The lowest BCUT2D eigenvalue weighted by Gasteiger charge is -2.07. The molecule has 116 valence electrons. The van der Waals surface area contributed by atoms with Gasteiger partial charge in [-0.3, -0.25) is 4.79 Å². The molecule has 4 rings (SSSR count). The van der Waals surface area contributed by atoms with E-state index in [0.717, 1.165) is 33.5 Å². The number of aromatic amines is 1. The molecule has 0 bridgehead atoms. The van der Waals surface area contributed by atoms with Gasteiger partial charge < -0.3 is 19.8 Å². The van der Waals surface area contributed by atoms with E-state index in [1.165, 1.54) is 0 Å². The summed E-state index contributed by atoms with van der Waals surface area (Å²) >= 11 is 0. The van der Waals surface area contributed by atoms with Gasteiger partial charge in [0, 0.05) is 18.3 Å². The highest BCUT2D eigenvalue weighted by Gasteiger charge is 2.13. The van der Waals surface area contributed by atoms with Crippen LogP contribution in [0.15, 0.2) is 48.7 Å². The van der Waals surface area contributed by atoms with Crippen LogP contribution in [-0.4, -0.2) is 17.7 Å². The number of rotatable bonds is 4. The average Bonchev–Trinajstić information content (AvgIpc) is 3.20. The molecule has 2 N–H and O–H groups in total. The third kappa shape index (κ3) is 2.85. The molecule has 2 heterocycles. The number of hydrogen-bond donors (Lipinski definition) is 2. The highest BCUT2D eigenvalue weighted by Crippen LogP contribution is 2.32. The van der Waals surface area contributed by atoms with Gasteiger partial charge >= 0.3 is 0 Å². The van der Waals surface area contributed by atoms with Crippen molar-refractivity contribution in [1.82, 2.24) is 10.3 Å². The number of carbonyl (C=O) groups is 1. The summed E-state index contributed by atoms with van der Waals surface area (Å²) in [7, 11) is 0. The summed E-state index contributed by atoms with van der Waals surface area (Å²) < 4.78 is 10.6. The number of ether oxygens (including phenoxy) is 2. The van der Waals surface area contributed by atoms with E-state index in [2.05, 4.69) is 10.3 Å². The second-order valence-corrected chi connectivity index (χ2v) is 5.54. The first-order chi connectivity index (χ1) is 11.3. The molecule has 1 aliphatic rings. The van der Waals surface area contributed by atoms with Crippen molar-refractivity contribution in [2.24, 2.45) is 0 Å². The molecule has 0 saturated carbocycles. The van der Waals surface area contributed by atoms with Crippen molar-refractivity contribution in [3.63, 3.8) is 0 Å². The summed E-state index contributed by atoms with van der Waals surface area (Å²) in [5, 5.41) is 4.05. The molecule has 5 heteroatoms. The van der Waals surface area contributed by atoms with E-state index in [1.54, 1.807) is 0 Å². The number of nitrogens with one attached hydrogen (secondary N) is 2. The van der Waals surface area contributed by atoms with Gasteiger partial charge in [0.1, 0.15) is 0 Å². The van der Waals surface area contributed by atoms with Gasteiger partial charge in [0.05, 0.1) is 6.42 Å². The Balaban J connectivity index is 1.38. The molecule has 5 nitrogen and oxygen atoms in total. The van der Waals surface area contributed by atoms with Crippen LogP contribution in [0.5, 0.6) is 11.5 Å². The van der Waals surface area contributed by atoms with Crippen LogP contribution in [0.2, 0.25) is 0 Å². The Morgan fingerprint density at radius 3 is 2.87 bits per heavy atom. The molecular weight excluding hydrogens is 292 g/mol. The van der Waals surface area contributed by atoms with E-state index in [1.807, 2.05) is 48.7 Å². The van der Waals surface area contributed by atoms with Crippen LogP contribution in [-0.2, 0) is 17.8 Å². The molecular formula is C18H16N2O3. The SMILES string of the molecule is O=C(Cc1ccc2[nH]ccc2c1)NCc1ccc2c(c1)OCO2. The topological polar surface area (TPSA) is 63.4 Å². The van der Waals surface area contributed by atoms with Crippen LogP contribution in [0.25, 0.3) is 10.9 Å². The largest absolute Gasteiger partial charge is 0.454 e. The van der Waals surface area contributed by atoms with E-state index in [9.17, 15) is 4.79 Å². The number of H-pyrrole nitrogens is 1. The number of fused-ring (bicyclic) bond motifs is 2. The number of hydrogen-bond acceptors (Lipinski definition) is 3. The van der Waals surface area contributed by atoms with Gasteiger partial charge in [0.2, 0.25) is 12.7 Å². The normalized spacial score (nSPS) is 12.5. The highest BCUT2D eigenvalue weighted by atomic mass is 16.7. The number of amides is 1. The van der Waals surface area contributed by atoms with Crippen molar-refractivity contribution < 1.29 is 14.3 Å². The van der Waals surface area contributed by atoms with Crippen LogP contribution in [0.1, 0.15) is 11.1 Å². The fourth-order valence-electron chi connectivity index (χ4n) is 2.71. The van der Waals surface area contributed by atoms with Gasteiger partial charge in [0.25, 0.3) is 0 Å². The quantitative estimate of drug-likeness (QED) is 0.779. The van der Waals surface area contributed by atoms with Gasteiger partial charge in [-0.05, 0) is 46.8 Å². The van der Waals surface area contributed by atoms with Crippen LogP contribution in [0.3, 0.4) is 0 Å². The van der Waals surface area contributed by atoms with Gasteiger partial charge in [-0.15, -0.1) is 0 Å². The van der Waals surface area contributed by atoms with Crippen LogP contribution < -0.4 is 14.8 Å². The maximum atomic E-state index is 12.1. The Bertz CT molecular complexity index is 870. The maximum absolute atomic E-state index is 12.1. The smallest absolute Gasteiger partial charge is 0.231 e. The molecule has 1 amide bonds. The molecule has 0 radical (unpaired) electrons. The Morgan fingerprint density at radius 1 is 1.04 bits per heavy atom. The van der Waals surface area contributed by atoms with Crippen LogP contribution in [0.4, 0.5) is 0 Å². The summed E-state index contributed by atoms with van der Waals surface area (Å²) in [4.78, 5) is 15.3. The van der Waals surface area contributed by atoms with Gasteiger partial charge in [-0.2, -0.15) is 0 Å². The second-order valence-electron chi connectivity index (χ2n) is 5.54. The summed E-state index contributed by atoms with van der Waals surface area (Å²) in [6, 6.07) is 13.7. The Morgan fingerprint density at radius 2 is 1.91 bits per heavy atom. The summed E-state index contributed by atoms with van der Waals surface area (Å²) in [5.41, 5.74) is 3.07. The molecule has 0 atom stereocenters. The first-order valence-corrected chi connectivity index (χ1v) is 7.49. The van der Waals surface area contributed by atoms with E-state index in [0.29, 0.717) is 13.0 Å². The summed E-state index contributed by atoms with van der Waals surface area (Å²) in [5.74, 6) is 1.48. The second kappa shape index (κ2) is 5.68. The zero-order chi connectivity index (χ0) is 15.6. The minimum Gasteiger partial charge on any atom is -0.454 e. The third-order valence-corrected chi connectivity index (χ3v) is 3.91. The lowest BCUT2D eigenvalue weighted by Crippen LogP contribution is -2.24. The summed E-state index contributed by atoms with van der Waals surface area (Å²) in [6.07, 6.45) is 2.26. The molecule has 0 aliphatic carbocycles. The number of carbonyl (C=O) groups excluding carboxylic acids is 1. The molecule has 0 spiro atoms. The lowest BCUT2D eigenvalue weighted by atomic mass is 10.1. The molecule has 0 unspecified atom stereocenters. The number of aromatic nitrogens is 1. The fraction of sp³-hybridized carbons (Fsp3) is 0.167. The fourth-order valence-corrected chi connectivity index (χ4v) is 2.71. The van der Waals surface area contributed by atoms with Crippen molar-refractivity contribution in [3.05, 3.63) is 59.8 Å². The molecule has 1 aliphatic heterocycles. The van der Waals surface area contributed by atoms with Crippen molar-refractivity contribution in [2.45, 2.75) is 13.0 Å². The molecule has 23 heavy (non-hydrogen) atoms. The molecule has 0 saturated heterocycles. The zero-order valence-corrected chi connectivity index (χ0v) is 12.5. The predicted molar refractivity (Wildman–Crippen MR) is 86.4 cm³/mol. The molecule has 3 aromatic rings. The maximum Gasteiger partial charge on any atom is 0.231 e. The molecule has 1 aromatic heterocycles. The minimum atomic E-state index is -0.00227. The van der Waals surface area contributed by atoms with Crippen molar-refractivity contribution >= 4 is 16.8 Å². The van der Waals surface area contributed by atoms with E-state index in [-0.39, 0.29) is 12.7 Å². The third-order valence-electron chi connectivity index (χ3n) is 3.91. The average molecular weight is 308 g/mol. The van der Waals surface area contributed by atoms with E-state index in [4.69, 9.17) is 9.47 Å². The van der Waals surface area contributed by atoms with Gasteiger partial charge in [-0.25, -0.2) is 0 Å². The van der Waals surface area contributed by atoms with Crippen LogP contribution >= 0.6 is 0 Å². The van der Waals surface area contributed by atoms with E-state index < -0.39 is 0 Å². The standard InChI is InChI=1S/C18H16N2O3/c21-18(9-12-1-3-15-14(7-12)5-6-19-15)20-10-13-2-4-16-17(8-13)23-11-22-16/h1-8,19H,9-11H2,(H,20,21). The first kappa shape index (κ1) is 13.7. The molecule has 0 fully saturated rings. The predicted octanol–water partition coefficient (Wildman–Crippen LogP) is 2.76. The van der Waals surface area contributed by atoms with Crippen LogP contribution in [0, 0.1) is 0 Å². The minimum absolute atomic E-state index is 0.00227.